The lowest BCUT2D eigenvalue weighted by atomic mass is 9.56. The summed E-state index contributed by atoms with van der Waals surface area (Å²) in [5.41, 5.74) is 2.78. The topological polar surface area (TPSA) is 18.5 Å². The third-order valence-corrected chi connectivity index (χ3v) is 6.24. The zero-order valence-electron chi connectivity index (χ0n) is 17.3. The fourth-order valence-electron chi connectivity index (χ4n) is 4.00. The second kappa shape index (κ2) is 8.62. The molecular formula is C24H34O2. The Bertz CT molecular complexity index is 613. The van der Waals surface area contributed by atoms with Crippen LogP contribution in [-0.4, -0.2) is 13.2 Å². The molecule has 0 aromatic heterocycles. The molecule has 0 spiro atoms. The molecule has 0 amide bonds. The van der Waals surface area contributed by atoms with Crippen molar-refractivity contribution in [3.8, 4) is 11.5 Å². The molecule has 0 radical (unpaired) electrons. The van der Waals surface area contributed by atoms with Gasteiger partial charge in [0, 0.05) is 10.8 Å². The highest BCUT2D eigenvalue weighted by Crippen LogP contribution is 2.49. The molecule has 0 saturated carbocycles. The van der Waals surface area contributed by atoms with E-state index in [4.69, 9.17) is 9.47 Å². The molecule has 0 saturated heterocycles. The summed E-state index contributed by atoms with van der Waals surface area (Å²) >= 11 is 0. The molecule has 2 heteroatoms. The van der Waals surface area contributed by atoms with E-state index in [9.17, 15) is 0 Å². The van der Waals surface area contributed by atoms with Crippen LogP contribution in [0.3, 0.4) is 0 Å². The first-order chi connectivity index (χ1) is 12.4. The van der Waals surface area contributed by atoms with E-state index in [0.29, 0.717) is 13.2 Å². The molecule has 0 aliphatic carbocycles. The van der Waals surface area contributed by atoms with Crippen molar-refractivity contribution in [2.45, 2.75) is 65.2 Å². The van der Waals surface area contributed by atoms with Gasteiger partial charge in [-0.1, -0.05) is 52.0 Å². The van der Waals surface area contributed by atoms with Crippen molar-refractivity contribution in [3.63, 3.8) is 0 Å². The van der Waals surface area contributed by atoms with Crippen molar-refractivity contribution < 1.29 is 9.47 Å². The maximum absolute atomic E-state index is 5.63. The minimum atomic E-state index is 0.0274. The Hall–Kier alpha value is -1.96. The standard InChI is InChI=1S/C24H34O2/c1-7-23(5,19-11-15-21(16-12-19)25-9-3)24(6,8-2)20-13-17-22(18-14-20)26-10-4/h11-18H,7-10H2,1-6H3. The summed E-state index contributed by atoms with van der Waals surface area (Å²) in [4.78, 5) is 0. The van der Waals surface area contributed by atoms with Crippen LogP contribution in [0.25, 0.3) is 0 Å². The molecule has 2 rings (SSSR count). The van der Waals surface area contributed by atoms with Crippen molar-refractivity contribution in [1.29, 1.82) is 0 Å². The van der Waals surface area contributed by atoms with Gasteiger partial charge in [-0.2, -0.15) is 0 Å². The zero-order chi connectivity index (χ0) is 19.2. The minimum absolute atomic E-state index is 0.0274. The fraction of sp³-hybridized carbons (Fsp3) is 0.500. The summed E-state index contributed by atoms with van der Waals surface area (Å²) in [7, 11) is 0. The highest BCUT2D eigenvalue weighted by molar-refractivity contribution is 5.41. The van der Waals surface area contributed by atoms with Crippen LogP contribution >= 0.6 is 0 Å². The summed E-state index contributed by atoms with van der Waals surface area (Å²) < 4.78 is 11.3. The van der Waals surface area contributed by atoms with Crippen LogP contribution in [0.5, 0.6) is 11.5 Å². The Morgan fingerprint density at radius 3 is 1.12 bits per heavy atom. The van der Waals surface area contributed by atoms with E-state index in [2.05, 4.69) is 76.2 Å². The van der Waals surface area contributed by atoms with Gasteiger partial charge < -0.3 is 9.47 Å². The van der Waals surface area contributed by atoms with Crippen LogP contribution in [-0.2, 0) is 10.8 Å². The van der Waals surface area contributed by atoms with Crippen molar-refractivity contribution in [2.24, 2.45) is 0 Å². The van der Waals surface area contributed by atoms with Gasteiger partial charge in [0.05, 0.1) is 13.2 Å². The molecule has 0 aliphatic rings. The van der Waals surface area contributed by atoms with Crippen LogP contribution in [0.1, 0.15) is 65.5 Å². The summed E-state index contributed by atoms with van der Waals surface area (Å²) in [6.45, 7) is 14.8. The van der Waals surface area contributed by atoms with Crippen molar-refractivity contribution in [1.82, 2.24) is 0 Å². The Labute approximate surface area is 159 Å². The molecule has 0 N–H and O–H groups in total. The third kappa shape index (κ3) is 3.75. The van der Waals surface area contributed by atoms with Crippen LogP contribution < -0.4 is 9.47 Å². The van der Waals surface area contributed by atoms with E-state index in [1.165, 1.54) is 11.1 Å². The number of hydrogen-bond acceptors (Lipinski definition) is 2. The van der Waals surface area contributed by atoms with E-state index in [0.717, 1.165) is 24.3 Å². The second-order valence-electron chi connectivity index (χ2n) is 7.29. The lowest BCUT2D eigenvalue weighted by molar-refractivity contribution is 0.234. The summed E-state index contributed by atoms with van der Waals surface area (Å²) in [6, 6.07) is 17.3. The van der Waals surface area contributed by atoms with Gasteiger partial charge in [0.1, 0.15) is 11.5 Å². The Balaban J connectivity index is 2.44. The Kier molecular flexibility index (Phi) is 6.75. The predicted molar refractivity (Wildman–Crippen MR) is 111 cm³/mol. The quantitative estimate of drug-likeness (QED) is 0.510. The van der Waals surface area contributed by atoms with Gasteiger partial charge in [0.25, 0.3) is 0 Å². The highest BCUT2D eigenvalue weighted by Gasteiger charge is 2.44. The molecule has 2 aromatic rings. The van der Waals surface area contributed by atoms with E-state index < -0.39 is 0 Å². The molecule has 0 bridgehead atoms. The minimum Gasteiger partial charge on any atom is -0.494 e. The van der Waals surface area contributed by atoms with Crippen LogP contribution in [0.2, 0.25) is 0 Å². The van der Waals surface area contributed by atoms with Crippen LogP contribution in [0.15, 0.2) is 48.5 Å². The molecular weight excluding hydrogens is 320 g/mol. The van der Waals surface area contributed by atoms with Gasteiger partial charge >= 0.3 is 0 Å². The lowest BCUT2D eigenvalue weighted by Gasteiger charge is -2.47. The molecule has 2 unspecified atom stereocenters. The average molecular weight is 355 g/mol. The van der Waals surface area contributed by atoms with Gasteiger partial charge in [-0.15, -0.1) is 0 Å². The van der Waals surface area contributed by atoms with Crippen LogP contribution in [0, 0.1) is 0 Å². The maximum atomic E-state index is 5.63. The summed E-state index contributed by atoms with van der Waals surface area (Å²) in [6.07, 6.45) is 2.14. The molecule has 142 valence electrons. The average Bonchev–Trinajstić information content (AvgIpc) is 2.68. The molecule has 0 heterocycles. The van der Waals surface area contributed by atoms with Crippen molar-refractivity contribution in [2.75, 3.05) is 13.2 Å². The number of ether oxygens (including phenoxy) is 2. The number of benzene rings is 2. The van der Waals surface area contributed by atoms with Gasteiger partial charge in [-0.25, -0.2) is 0 Å². The van der Waals surface area contributed by atoms with Gasteiger partial charge in [-0.05, 0) is 62.1 Å². The molecule has 2 atom stereocenters. The van der Waals surface area contributed by atoms with E-state index in [1.54, 1.807) is 0 Å². The second-order valence-corrected chi connectivity index (χ2v) is 7.29. The number of rotatable bonds is 9. The largest absolute Gasteiger partial charge is 0.494 e. The smallest absolute Gasteiger partial charge is 0.119 e. The fourth-order valence-corrected chi connectivity index (χ4v) is 4.00. The third-order valence-electron chi connectivity index (χ3n) is 6.24. The van der Waals surface area contributed by atoms with Crippen LogP contribution in [0.4, 0.5) is 0 Å². The maximum Gasteiger partial charge on any atom is 0.119 e. The zero-order valence-corrected chi connectivity index (χ0v) is 17.3. The molecule has 0 aliphatic heterocycles. The van der Waals surface area contributed by atoms with E-state index >= 15 is 0 Å². The normalized spacial score (nSPS) is 15.8. The van der Waals surface area contributed by atoms with Gasteiger partial charge in [0.2, 0.25) is 0 Å². The van der Waals surface area contributed by atoms with Crippen molar-refractivity contribution >= 4 is 0 Å². The first-order valence-electron chi connectivity index (χ1n) is 9.91. The summed E-state index contributed by atoms with van der Waals surface area (Å²) in [5, 5.41) is 0. The molecule has 0 fully saturated rings. The molecule has 2 nitrogen and oxygen atoms in total. The highest BCUT2D eigenvalue weighted by atomic mass is 16.5. The predicted octanol–water partition coefficient (Wildman–Crippen LogP) is 6.52. The Morgan fingerprint density at radius 2 is 0.885 bits per heavy atom. The van der Waals surface area contributed by atoms with E-state index in [-0.39, 0.29) is 10.8 Å². The van der Waals surface area contributed by atoms with E-state index in [1.807, 2.05) is 13.8 Å². The first kappa shape index (κ1) is 20.4. The monoisotopic (exact) mass is 354 g/mol. The summed E-state index contributed by atoms with van der Waals surface area (Å²) in [5.74, 6) is 1.88. The number of hydrogen-bond donors (Lipinski definition) is 0. The SMILES string of the molecule is CCOc1ccc(C(C)(CC)C(C)(CC)c2ccc(OCC)cc2)cc1. The molecule has 2 aromatic carbocycles. The van der Waals surface area contributed by atoms with Gasteiger partial charge in [-0.3, -0.25) is 0 Å². The lowest BCUT2D eigenvalue weighted by Crippen LogP contribution is -2.44. The van der Waals surface area contributed by atoms with Crippen molar-refractivity contribution in [3.05, 3.63) is 59.7 Å². The Morgan fingerprint density at radius 1 is 0.577 bits per heavy atom. The van der Waals surface area contributed by atoms with Gasteiger partial charge in [0.15, 0.2) is 0 Å². The molecule has 26 heavy (non-hydrogen) atoms. The first-order valence-corrected chi connectivity index (χ1v) is 9.91.